The number of aryl methyl sites for hydroxylation is 2. The van der Waals surface area contributed by atoms with Crippen LogP contribution in [0.2, 0.25) is 0 Å². The minimum Gasteiger partial charge on any atom is -0.492 e. The SMILES string of the molecule is CCCCOc1c2ccccc2c(-c2c3ccccc3c(OCCCC)c3ccc(C)cc23)c2cc(C)ccc12. The number of benzene rings is 6. The fourth-order valence-corrected chi connectivity index (χ4v) is 5.99. The van der Waals surface area contributed by atoms with E-state index in [1.807, 2.05) is 0 Å². The number of hydrogen-bond acceptors (Lipinski definition) is 2. The summed E-state index contributed by atoms with van der Waals surface area (Å²) in [5.74, 6) is 1.99. The van der Waals surface area contributed by atoms with E-state index in [9.17, 15) is 0 Å². The minimum atomic E-state index is 0.720. The average molecular weight is 527 g/mol. The van der Waals surface area contributed by atoms with Gasteiger partial charge in [0.05, 0.1) is 13.2 Å². The van der Waals surface area contributed by atoms with Gasteiger partial charge in [0.1, 0.15) is 11.5 Å². The van der Waals surface area contributed by atoms with Crippen molar-refractivity contribution < 1.29 is 9.47 Å². The predicted molar refractivity (Wildman–Crippen MR) is 172 cm³/mol. The molecule has 0 N–H and O–H groups in total. The Balaban J connectivity index is 1.79. The summed E-state index contributed by atoms with van der Waals surface area (Å²) in [4.78, 5) is 0. The summed E-state index contributed by atoms with van der Waals surface area (Å²) in [6.45, 7) is 10.2. The summed E-state index contributed by atoms with van der Waals surface area (Å²) >= 11 is 0. The van der Waals surface area contributed by atoms with E-state index in [2.05, 4.69) is 113 Å². The van der Waals surface area contributed by atoms with Gasteiger partial charge in [0.15, 0.2) is 0 Å². The average Bonchev–Trinajstić information content (AvgIpc) is 2.97. The van der Waals surface area contributed by atoms with E-state index in [0.717, 1.165) is 61.2 Å². The standard InChI is InChI=1S/C38H38O2/c1-5-7-21-39-37-29-15-11-9-13-27(29)35(33-23-25(3)17-19-31(33)37)36-28-14-10-12-16-30(28)38(40-22-8-6-2)32-20-18-26(4)24-34(32)36/h9-20,23-24H,5-8,21-22H2,1-4H3. The van der Waals surface area contributed by atoms with Crippen LogP contribution in [0.3, 0.4) is 0 Å². The van der Waals surface area contributed by atoms with E-state index in [1.165, 1.54) is 54.6 Å². The molecule has 0 aliphatic rings. The monoisotopic (exact) mass is 526 g/mol. The van der Waals surface area contributed by atoms with E-state index >= 15 is 0 Å². The molecule has 0 amide bonds. The lowest BCUT2D eigenvalue weighted by Gasteiger charge is -2.22. The molecule has 6 aromatic rings. The van der Waals surface area contributed by atoms with Crippen molar-refractivity contribution in [2.45, 2.75) is 53.4 Å². The molecule has 0 saturated heterocycles. The highest BCUT2D eigenvalue weighted by Crippen LogP contribution is 2.50. The molecule has 0 aliphatic heterocycles. The lowest BCUT2D eigenvalue weighted by atomic mass is 9.84. The number of rotatable bonds is 9. The summed E-state index contributed by atoms with van der Waals surface area (Å²) in [6.07, 6.45) is 4.29. The largest absolute Gasteiger partial charge is 0.492 e. The molecule has 0 fully saturated rings. The highest BCUT2D eigenvalue weighted by molar-refractivity contribution is 6.26. The number of ether oxygens (including phenoxy) is 2. The maximum Gasteiger partial charge on any atom is 0.134 e. The Morgan fingerprint density at radius 3 is 1.23 bits per heavy atom. The molecule has 0 unspecified atom stereocenters. The fourth-order valence-electron chi connectivity index (χ4n) is 5.99. The van der Waals surface area contributed by atoms with Crippen LogP contribution in [-0.2, 0) is 0 Å². The minimum absolute atomic E-state index is 0.720. The van der Waals surface area contributed by atoms with Gasteiger partial charge in [-0.05, 0) is 59.4 Å². The van der Waals surface area contributed by atoms with Gasteiger partial charge in [-0.15, -0.1) is 0 Å². The van der Waals surface area contributed by atoms with Crippen LogP contribution in [0.1, 0.15) is 50.7 Å². The quantitative estimate of drug-likeness (QED) is 0.138. The van der Waals surface area contributed by atoms with Crippen molar-refractivity contribution >= 4 is 43.1 Å². The predicted octanol–water partition coefficient (Wildman–Crippen LogP) is 10.9. The molecular weight excluding hydrogens is 488 g/mol. The molecule has 6 rings (SSSR count). The zero-order valence-corrected chi connectivity index (χ0v) is 24.1. The van der Waals surface area contributed by atoms with E-state index in [0.29, 0.717) is 0 Å². The van der Waals surface area contributed by atoms with Gasteiger partial charge in [-0.1, -0.05) is 123 Å². The molecule has 2 nitrogen and oxygen atoms in total. The van der Waals surface area contributed by atoms with Crippen LogP contribution < -0.4 is 9.47 Å². The number of unbranched alkanes of at least 4 members (excludes halogenated alkanes) is 2. The zero-order chi connectivity index (χ0) is 27.6. The zero-order valence-electron chi connectivity index (χ0n) is 24.1. The number of fused-ring (bicyclic) bond motifs is 4. The third-order valence-corrected chi connectivity index (χ3v) is 8.00. The Labute approximate surface area is 237 Å². The van der Waals surface area contributed by atoms with Crippen molar-refractivity contribution in [1.82, 2.24) is 0 Å². The molecule has 0 aromatic heterocycles. The second-order valence-corrected chi connectivity index (χ2v) is 11.0. The molecule has 0 aliphatic carbocycles. The first kappa shape index (κ1) is 26.2. The van der Waals surface area contributed by atoms with Crippen LogP contribution in [-0.4, -0.2) is 13.2 Å². The summed E-state index contributed by atoms with van der Waals surface area (Å²) < 4.78 is 13.1. The highest BCUT2D eigenvalue weighted by atomic mass is 16.5. The van der Waals surface area contributed by atoms with Crippen molar-refractivity contribution in [3.63, 3.8) is 0 Å². The van der Waals surface area contributed by atoms with Crippen molar-refractivity contribution in [2.75, 3.05) is 13.2 Å². The van der Waals surface area contributed by atoms with Gasteiger partial charge in [-0.25, -0.2) is 0 Å². The van der Waals surface area contributed by atoms with Crippen LogP contribution in [0.25, 0.3) is 54.2 Å². The van der Waals surface area contributed by atoms with Crippen LogP contribution in [0.5, 0.6) is 11.5 Å². The Morgan fingerprint density at radius 1 is 0.450 bits per heavy atom. The van der Waals surface area contributed by atoms with Gasteiger partial charge in [0, 0.05) is 21.5 Å². The first-order valence-corrected chi connectivity index (χ1v) is 14.8. The van der Waals surface area contributed by atoms with E-state index < -0.39 is 0 Å². The maximum atomic E-state index is 6.55. The Hall–Kier alpha value is -4.04. The van der Waals surface area contributed by atoms with E-state index in [4.69, 9.17) is 9.47 Å². The smallest absolute Gasteiger partial charge is 0.134 e. The normalized spacial score (nSPS) is 11.6. The summed E-state index contributed by atoms with van der Waals surface area (Å²) in [7, 11) is 0. The summed E-state index contributed by atoms with van der Waals surface area (Å²) in [5, 5.41) is 9.58. The van der Waals surface area contributed by atoms with Gasteiger partial charge in [0.2, 0.25) is 0 Å². The van der Waals surface area contributed by atoms with Gasteiger partial charge in [0.25, 0.3) is 0 Å². The third-order valence-electron chi connectivity index (χ3n) is 8.00. The van der Waals surface area contributed by atoms with Crippen LogP contribution in [0.4, 0.5) is 0 Å². The van der Waals surface area contributed by atoms with Crippen molar-refractivity contribution in [2.24, 2.45) is 0 Å². The first-order valence-electron chi connectivity index (χ1n) is 14.8. The molecule has 0 spiro atoms. The van der Waals surface area contributed by atoms with Crippen LogP contribution >= 0.6 is 0 Å². The molecule has 0 radical (unpaired) electrons. The molecule has 40 heavy (non-hydrogen) atoms. The van der Waals surface area contributed by atoms with E-state index in [1.54, 1.807) is 0 Å². The Morgan fingerprint density at radius 2 is 0.825 bits per heavy atom. The Kier molecular flexibility index (Phi) is 7.34. The molecule has 0 atom stereocenters. The lowest BCUT2D eigenvalue weighted by molar-refractivity contribution is 0.316. The lowest BCUT2D eigenvalue weighted by Crippen LogP contribution is -2.01. The third kappa shape index (κ3) is 4.56. The molecule has 0 bridgehead atoms. The van der Waals surface area contributed by atoms with E-state index in [-0.39, 0.29) is 0 Å². The molecule has 6 aromatic carbocycles. The maximum absolute atomic E-state index is 6.55. The van der Waals surface area contributed by atoms with Crippen LogP contribution in [0, 0.1) is 13.8 Å². The van der Waals surface area contributed by atoms with Gasteiger partial charge >= 0.3 is 0 Å². The molecule has 202 valence electrons. The highest BCUT2D eigenvalue weighted by Gasteiger charge is 2.22. The van der Waals surface area contributed by atoms with Gasteiger partial charge in [-0.3, -0.25) is 0 Å². The van der Waals surface area contributed by atoms with Crippen LogP contribution in [0.15, 0.2) is 84.9 Å². The molecule has 0 saturated carbocycles. The molecule has 0 heterocycles. The second kappa shape index (κ2) is 11.2. The summed E-state index contributed by atoms with van der Waals surface area (Å²) in [6, 6.07) is 31.1. The van der Waals surface area contributed by atoms with Crippen molar-refractivity contribution in [3.8, 4) is 22.6 Å². The van der Waals surface area contributed by atoms with Gasteiger partial charge < -0.3 is 9.47 Å². The van der Waals surface area contributed by atoms with Gasteiger partial charge in [-0.2, -0.15) is 0 Å². The first-order chi connectivity index (χ1) is 19.6. The number of hydrogen-bond donors (Lipinski definition) is 0. The topological polar surface area (TPSA) is 18.5 Å². The molecule has 2 heteroatoms. The fraction of sp³-hybridized carbons (Fsp3) is 0.263. The second-order valence-electron chi connectivity index (χ2n) is 11.0. The van der Waals surface area contributed by atoms with Crippen molar-refractivity contribution in [1.29, 1.82) is 0 Å². The Bertz CT molecular complexity index is 1710. The summed E-state index contributed by atoms with van der Waals surface area (Å²) in [5.41, 5.74) is 5.02. The molecular formula is C38H38O2. The van der Waals surface area contributed by atoms with Crippen molar-refractivity contribution in [3.05, 3.63) is 96.1 Å².